The average Bonchev–Trinajstić information content (AvgIpc) is 3.21. The highest BCUT2D eigenvalue weighted by atomic mass is 32.1. The van der Waals surface area contributed by atoms with Crippen LogP contribution in [0.3, 0.4) is 0 Å². The van der Waals surface area contributed by atoms with Crippen molar-refractivity contribution in [2.45, 2.75) is 13.0 Å². The predicted molar refractivity (Wildman–Crippen MR) is 104 cm³/mol. The minimum absolute atomic E-state index is 0.0507. The van der Waals surface area contributed by atoms with E-state index in [0.717, 1.165) is 23.8 Å². The molecule has 1 unspecified atom stereocenters. The molecule has 1 aromatic carbocycles. The Bertz CT molecular complexity index is 753. The molecule has 2 aromatic rings. The fraction of sp³-hybridized carbons (Fsp3) is 0.316. The molecule has 7 heteroatoms. The van der Waals surface area contributed by atoms with Gasteiger partial charge in [-0.2, -0.15) is 0 Å². The molecule has 1 aliphatic heterocycles. The van der Waals surface area contributed by atoms with Crippen molar-refractivity contribution < 1.29 is 9.59 Å². The van der Waals surface area contributed by atoms with E-state index in [1.165, 1.54) is 6.08 Å². The van der Waals surface area contributed by atoms with Gasteiger partial charge in [0.25, 0.3) is 0 Å². The van der Waals surface area contributed by atoms with Gasteiger partial charge in [-0.15, -0.1) is 11.3 Å². The maximum Gasteiger partial charge on any atom is 0.244 e. The minimum Gasteiger partial charge on any atom is -0.345 e. The van der Waals surface area contributed by atoms with Crippen molar-refractivity contribution >= 4 is 34.4 Å². The molecule has 2 amide bonds. The van der Waals surface area contributed by atoms with Crippen LogP contribution in [0.15, 0.2) is 48.0 Å². The maximum atomic E-state index is 12.6. The van der Waals surface area contributed by atoms with E-state index < -0.39 is 6.04 Å². The number of nitrogens with one attached hydrogen (secondary N) is 1. The third-order valence-corrected chi connectivity index (χ3v) is 5.07. The van der Waals surface area contributed by atoms with Crippen LogP contribution < -0.4 is 10.2 Å². The first-order valence-corrected chi connectivity index (χ1v) is 9.48. The number of piperazine rings is 1. The van der Waals surface area contributed by atoms with E-state index in [9.17, 15) is 9.59 Å². The molecule has 1 saturated heterocycles. The Morgan fingerprint density at radius 1 is 1.19 bits per heavy atom. The van der Waals surface area contributed by atoms with Gasteiger partial charge < -0.3 is 15.1 Å². The molecule has 2 heterocycles. The molecule has 1 aromatic heterocycles. The lowest BCUT2D eigenvalue weighted by Gasteiger charge is -2.35. The normalized spacial score (nSPS) is 15.9. The molecule has 1 N–H and O–H groups in total. The lowest BCUT2D eigenvalue weighted by molar-refractivity contribution is -0.135. The molecule has 26 heavy (non-hydrogen) atoms. The predicted octanol–water partition coefficient (Wildman–Crippen LogP) is 2.01. The lowest BCUT2D eigenvalue weighted by atomic mass is 10.2. The van der Waals surface area contributed by atoms with Crippen molar-refractivity contribution in [3.63, 3.8) is 0 Å². The topological polar surface area (TPSA) is 65.5 Å². The van der Waals surface area contributed by atoms with Gasteiger partial charge in [0, 0.05) is 43.8 Å². The Hall–Kier alpha value is -2.67. The van der Waals surface area contributed by atoms with E-state index in [4.69, 9.17) is 0 Å². The van der Waals surface area contributed by atoms with Crippen molar-refractivity contribution in [2.24, 2.45) is 0 Å². The van der Waals surface area contributed by atoms with Gasteiger partial charge in [0.2, 0.25) is 11.8 Å². The highest BCUT2D eigenvalue weighted by Gasteiger charge is 2.26. The number of anilines is 1. The fourth-order valence-corrected chi connectivity index (χ4v) is 3.52. The van der Waals surface area contributed by atoms with Gasteiger partial charge in [-0.25, -0.2) is 4.98 Å². The molecule has 1 fully saturated rings. The molecule has 0 aliphatic carbocycles. The Morgan fingerprint density at radius 3 is 2.58 bits per heavy atom. The van der Waals surface area contributed by atoms with Gasteiger partial charge in [0.15, 0.2) is 5.13 Å². The summed E-state index contributed by atoms with van der Waals surface area (Å²) in [5.41, 5.74) is 0.944. The Morgan fingerprint density at radius 2 is 1.92 bits per heavy atom. The Labute approximate surface area is 157 Å². The standard InChI is InChI=1S/C19H22N4O2S/c1-15(21-17(24)8-7-16-5-3-2-4-6-16)18(25)22-10-12-23(13-11-22)19-20-9-14-26-19/h2-9,14-15H,10-13H2,1H3,(H,21,24)/b8-7+. The van der Waals surface area contributed by atoms with Crippen LogP contribution in [0, 0.1) is 0 Å². The van der Waals surface area contributed by atoms with Gasteiger partial charge in [-0.05, 0) is 18.6 Å². The first-order valence-electron chi connectivity index (χ1n) is 8.60. The van der Waals surface area contributed by atoms with Crippen molar-refractivity contribution in [3.8, 4) is 0 Å². The van der Waals surface area contributed by atoms with Gasteiger partial charge in [-0.1, -0.05) is 30.3 Å². The highest BCUT2D eigenvalue weighted by molar-refractivity contribution is 7.13. The number of carbonyl (C=O) groups is 2. The fourth-order valence-electron chi connectivity index (χ4n) is 2.82. The zero-order valence-electron chi connectivity index (χ0n) is 14.7. The smallest absolute Gasteiger partial charge is 0.244 e. The number of hydrogen-bond acceptors (Lipinski definition) is 5. The van der Waals surface area contributed by atoms with E-state index in [-0.39, 0.29) is 11.8 Å². The number of carbonyl (C=O) groups excluding carboxylic acids is 2. The summed E-state index contributed by atoms with van der Waals surface area (Å²) in [4.78, 5) is 32.9. The quantitative estimate of drug-likeness (QED) is 0.818. The molecule has 136 valence electrons. The summed E-state index contributed by atoms with van der Waals surface area (Å²) in [6, 6.07) is 9.03. The van der Waals surface area contributed by atoms with E-state index in [2.05, 4.69) is 15.2 Å². The number of aromatic nitrogens is 1. The number of benzene rings is 1. The van der Waals surface area contributed by atoms with Crippen LogP contribution in [-0.4, -0.2) is 53.9 Å². The SMILES string of the molecule is CC(NC(=O)/C=C/c1ccccc1)C(=O)N1CCN(c2nccs2)CC1. The number of thiazole rings is 1. The zero-order chi connectivity index (χ0) is 18.4. The molecule has 1 atom stereocenters. The summed E-state index contributed by atoms with van der Waals surface area (Å²) in [5.74, 6) is -0.318. The van der Waals surface area contributed by atoms with E-state index in [1.807, 2.05) is 35.7 Å². The first-order chi connectivity index (χ1) is 12.6. The zero-order valence-corrected chi connectivity index (χ0v) is 15.5. The Kier molecular flexibility index (Phi) is 6.01. The number of hydrogen-bond donors (Lipinski definition) is 1. The monoisotopic (exact) mass is 370 g/mol. The molecule has 0 radical (unpaired) electrons. The summed E-state index contributed by atoms with van der Waals surface area (Å²) >= 11 is 1.60. The molecule has 1 aliphatic rings. The second kappa shape index (κ2) is 8.62. The largest absolute Gasteiger partial charge is 0.345 e. The second-order valence-electron chi connectivity index (χ2n) is 6.10. The molecular weight excluding hydrogens is 348 g/mol. The van der Waals surface area contributed by atoms with E-state index in [1.54, 1.807) is 35.4 Å². The van der Waals surface area contributed by atoms with Crippen LogP contribution in [0.4, 0.5) is 5.13 Å². The van der Waals surface area contributed by atoms with Crippen molar-refractivity contribution in [2.75, 3.05) is 31.1 Å². The lowest BCUT2D eigenvalue weighted by Crippen LogP contribution is -2.54. The average molecular weight is 370 g/mol. The number of rotatable bonds is 5. The van der Waals surface area contributed by atoms with Crippen molar-refractivity contribution in [1.82, 2.24) is 15.2 Å². The molecule has 0 saturated carbocycles. The number of nitrogens with zero attached hydrogens (tertiary/aromatic N) is 3. The molecule has 3 rings (SSSR count). The van der Waals surface area contributed by atoms with Crippen LogP contribution in [0.2, 0.25) is 0 Å². The number of amides is 2. The van der Waals surface area contributed by atoms with Crippen LogP contribution in [-0.2, 0) is 9.59 Å². The first kappa shape index (κ1) is 18.1. The third kappa shape index (κ3) is 4.70. The van der Waals surface area contributed by atoms with Gasteiger partial charge in [0.05, 0.1) is 0 Å². The van der Waals surface area contributed by atoms with Gasteiger partial charge in [-0.3, -0.25) is 9.59 Å². The summed E-state index contributed by atoms with van der Waals surface area (Å²) in [7, 11) is 0. The summed E-state index contributed by atoms with van der Waals surface area (Å²) in [5, 5.41) is 5.69. The van der Waals surface area contributed by atoms with Crippen LogP contribution in [0.5, 0.6) is 0 Å². The van der Waals surface area contributed by atoms with Crippen molar-refractivity contribution in [1.29, 1.82) is 0 Å². The van der Waals surface area contributed by atoms with E-state index in [0.29, 0.717) is 13.1 Å². The third-order valence-electron chi connectivity index (χ3n) is 4.24. The molecule has 0 bridgehead atoms. The maximum absolute atomic E-state index is 12.6. The van der Waals surface area contributed by atoms with Crippen LogP contribution >= 0.6 is 11.3 Å². The highest BCUT2D eigenvalue weighted by Crippen LogP contribution is 2.19. The second-order valence-corrected chi connectivity index (χ2v) is 6.97. The molecular formula is C19H22N4O2S. The molecule has 6 nitrogen and oxygen atoms in total. The minimum atomic E-state index is -0.547. The van der Waals surface area contributed by atoms with E-state index >= 15 is 0 Å². The van der Waals surface area contributed by atoms with Crippen molar-refractivity contribution in [3.05, 3.63) is 53.5 Å². The summed E-state index contributed by atoms with van der Waals surface area (Å²) in [6.07, 6.45) is 4.98. The van der Waals surface area contributed by atoms with Gasteiger partial charge in [0.1, 0.15) is 6.04 Å². The van der Waals surface area contributed by atoms with Crippen LogP contribution in [0.1, 0.15) is 12.5 Å². The summed E-state index contributed by atoms with van der Waals surface area (Å²) < 4.78 is 0. The summed E-state index contributed by atoms with van der Waals surface area (Å²) in [6.45, 7) is 4.52. The Balaban J connectivity index is 1.47. The van der Waals surface area contributed by atoms with Crippen LogP contribution in [0.25, 0.3) is 6.08 Å². The molecule has 0 spiro atoms. The van der Waals surface area contributed by atoms with Gasteiger partial charge >= 0.3 is 0 Å².